The molecular weight excluding hydrogens is 374 g/mol. The molecule has 10 heteroatoms. The van der Waals surface area contributed by atoms with Gasteiger partial charge in [0.1, 0.15) is 0 Å². The molecule has 0 unspecified atom stereocenters. The monoisotopic (exact) mass is 395 g/mol. The highest BCUT2D eigenvalue weighted by molar-refractivity contribution is 8.00. The van der Waals surface area contributed by atoms with Crippen molar-refractivity contribution in [1.29, 1.82) is 0 Å². The lowest BCUT2D eigenvalue weighted by Gasteiger charge is -2.15. The third-order valence-corrected chi connectivity index (χ3v) is 7.21. The van der Waals surface area contributed by atoms with Crippen LogP contribution in [0.15, 0.2) is 23.4 Å². The Labute approximate surface area is 156 Å². The third-order valence-electron chi connectivity index (χ3n) is 4.41. The number of aryl methyl sites for hydroxylation is 2. The SMILES string of the molecule is Cc1ccc(-n2nnnc2S[C@H](C)C(=O)N[C@H]2CCS(=O)(=O)C2)cc1C. The van der Waals surface area contributed by atoms with Crippen LogP contribution in [0.3, 0.4) is 0 Å². The molecule has 1 aromatic heterocycles. The number of nitrogens with zero attached hydrogens (tertiary/aromatic N) is 4. The van der Waals surface area contributed by atoms with Gasteiger partial charge in [0.25, 0.3) is 0 Å². The summed E-state index contributed by atoms with van der Waals surface area (Å²) in [7, 11) is -3.03. The molecule has 1 aliphatic heterocycles. The molecule has 1 saturated heterocycles. The van der Waals surface area contributed by atoms with Crippen LogP contribution in [0.1, 0.15) is 24.5 Å². The fraction of sp³-hybridized carbons (Fsp3) is 0.500. The molecule has 8 nitrogen and oxygen atoms in total. The van der Waals surface area contributed by atoms with E-state index in [1.54, 1.807) is 11.6 Å². The van der Waals surface area contributed by atoms with Crippen molar-refractivity contribution in [2.45, 2.75) is 43.6 Å². The van der Waals surface area contributed by atoms with Gasteiger partial charge in [0.15, 0.2) is 9.84 Å². The summed E-state index contributed by atoms with van der Waals surface area (Å²) in [5, 5.41) is 14.6. The number of benzene rings is 1. The van der Waals surface area contributed by atoms with E-state index in [0.29, 0.717) is 11.6 Å². The van der Waals surface area contributed by atoms with Crippen molar-refractivity contribution in [3.05, 3.63) is 29.3 Å². The van der Waals surface area contributed by atoms with Crippen LogP contribution in [-0.4, -0.2) is 57.3 Å². The molecule has 2 atom stereocenters. The molecule has 26 heavy (non-hydrogen) atoms. The van der Waals surface area contributed by atoms with Crippen LogP contribution in [0.25, 0.3) is 5.69 Å². The summed E-state index contributed by atoms with van der Waals surface area (Å²) in [6, 6.07) is 5.60. The van der Waals surface area contributed by atoms with Crippen molar-refractivity contribution >= 4 is 27.5 Å². The number of hydrogen-bond acceptors (Lipinski definition) is 7. The molecule has 1 amide bonds. The molecule has 0 radical (unpaired) electrons. The molecule has 2 aromatic rings. The lowest BCUT2D eigenvalue weighted by atomic mass is 10.1. The number of carbonyl (C=O) groups is 1. The van der Waals surface area contributed by atoms with E-state index in [2.05, 4.69) is 20.8 Å². The predicted molar refractivity (Wildman–Crippen MR) is 99.1 cm³/mol. The van der Waals surface area contributed by atoms with Crippen LogP contribution in [-0.2, 0) is 14.6 Å². The molecule has 140 valence electrons. The molecule has 3 rings (SSSR count). The van der Waals surface area contributed by atoms with Gasteiger partial charge in [-0.1, -0.05) is 17.8 Å². The van der Waals surface area contributed by atoms with Crippen molar-refractivity contribution in [3.63, 3.8) is 0 Å². The molecule has 2 heterocycles. The van der Waals surface area contributed by atoms with E-state index in [1.807, 2.05) is 32.0 Å². The third kappa shape index (κ3) is 4.24. The average molecular weight is 396 g/mol. The first kappa shape index (κ1) is 18.8. The van der Waals surface area contributed by atoms with Gasteiger partial charge in [0, 0.05) is 6.04 Å². The van der Waals surface area contributed by atoms with Crippen molar-refractivity contribution in [2.24, 2.45) is 0 Å². The fourth-order valence-electron chi connectivity index (χ4n) is 2.71. The molecule has 1 N–H and O–H groups in total. The van der Waals surface area contributed by atoms with Crippen LogP contribution >= 0.6 is 11.8 Å². The van der Waals surface area contributed by atoms with E-state index in [9.17, 15) is 13.2 Å². The number of nitrogens with one attached hydrogen (secondary N) is 1. The van der Waals surface area contributed by atoms with E-state index >= 15 is 0 Å². The molecule has 0 aliphatic carbocycles. The van der Waals surface area contributed by atoms with Crippen LogP contribution in [0.2, 0.25) is 0 Å². The zero-order valence-electron chi connectivity index (χ0n) is 14.8. The Hall–Kier alpha value is -1.94. The number of thioether (sulfide) groups is 1. The van der Waals surface area contributed by atoms with Gasteiger partial charge in [-0.2, -0.15) is 4.68 Å². The summed E-state index contributed by atoms with van der Waals surface area (Å²) in [4.78, 5) is 12.4. The molecule has 0 spiro atoms. The Bertz CT molecular complexity index is 926. The first-order chi connectivity index (χ1) is 12.2. The topological polar surface area (TPSA) is 107 Å². The highest BCUT2D eigenvalue weighted by Crippen LogP contribution is 2.24. The van der Waals surface area contributed by atoms with Gasteiger partial charge in [0.2, 0.25) is 11.1 Å². The number of amides is 1. The van der Waals surface area contributed by atoms with Gasteiger partial charge < -0.3 is 5.32 Å². The number of aromatic nitrogens is 4. The summed E-state index contributed by atoms with van der Waals surface area (Å²) >= 11 is 1.24. The van der Waals surface area contributed by atoms with Crippen LogP contribution < -0.4 is 5.32 Å². The molecule has 0 bridgehead atoms. The Morgan fingerprint density at radius 1 is 1.35 bits per heavy atom. The highest BCUT2D eigenvalue weighted by atomic mass is 32.2. The van der Waals surface area contributed by atoms with Crippen LogP contribution in [0, 0.1) is 13.8 Å². The largest absolute Gasteiger partial charge is 0.351 e. The fourth-order valence-corrected chi connectivity index (χ4v) is 5.20. The average Bonchev–Trinajstić information content (AvgIpc) is 3.16. The van der Waals surface area contributed by atoms with E-state index in [4.69, 9.17) is 0 Å². The molecule has 0 saturated carbocycles. The van der Waals surface area contributed by atoms with Crippen LogP contribution in [0.5, 0.6) is 0 Å². The number of sulfone groups is 1. The Morgan fingerprint density at radius 2 is 2.12 bits per heavy atom. The van der Waals surface area contributed by atoms with Gasteiger partial charge in [-0.3, -0.25) is 4.79 Å². The Balaban J connectivity index is 1.68. The lowest BCUT2D eigenvalue weighted by Crippen LogP contribution is -2.40. The predicted octanol–water partition coefficient (Wildman–Crippen LogP) is 1.06. The van der Waals surface area contributed by atoms with Gasteiger partial charge in [-0.25, -0.2) is 8.42 Å². The van der Waals surface area contributed by atoms with Gasteiger partial charge in [-0.15, -0.1) is 5.10 Å². The van der Waals surface area contributed by atoms with Crippen molar-refractivity contribution in [2.75, 3.05) is 11.5 Å². The maximum absolute atomic E-state index is 12.4. The van der Waals surface area contributed by atoms with E-state index in [-0.39, 0.29) is 23.5 Å². The molecular formula is C16H21N5O3S2. The Kier molecular flexibility index (Phi) is 5.33. The molecule has 1 aromatic carbocycles. The van der Waals surface area contributed by atoms with E-state index < -0.39 is 15.1 Å². The quantitative estimate of drug-likeness (QED) is 0.755. The zero-order chi connectivity index (χ0) is 18.9. The Morgan fingerprint density at radius 3 is 2.77 bits per heavy atom. The minimum atomic E-state index is -3.03. The highest BCUT2D eigenvalue weighted by Gasteiger charge is 2.30. The number of hydrogen-bond donors (Lipinski definition) is 1. The minimum Gasteiger partial charge on any atom is -0.351 e. The maximum atomic E-state index is 12.4. The smallest absolute Gasteiger partial charge is 0.233 e. The van der Waals surface area contributed by atoms with Gasteiger partial charge >= 0.3 is 0 Å². The van der Waals surface area contributed by atoms with Crippen molar-refractivity contribution in [3.8, 4) is 5.69 Å². The zero-order valence-corrected chi connectivity index (χ0v) is 16.5. The second-order valence-electron chi connectivity index (χ2n) is 6.51. The van der Waals surface area contributed by atoms with Crippen LogP contribution in [0.4, 0.5) is 0 Å². The normalized spacial score (nSPS) is 20.0. The summed E-state index contributed by atoms with van der Waals surface area (Å²) in [6.07, 6.45) is 0.464. The minimum absolute atomic E-state index is 0.0104. The second-order valence-corrected chi connectivity index (χ2v) is 10.0. The number of carbonyl (C=O) groups excluding carboxylic acids is 1. The summed E-state index contributed by atoms with van der Waals surface area (Å²) < 4.78 is 24.6. The van der Waals surface area contributed by atoms with Gasteiger partial charge in [-0.05, 0) is 60.9 Å². The number of tetrazole rings is 1. The van der Waals surface area contributed by atoms with Crippen molar-refractivity contribution < 1.29 is 13.2 Å². The van der Waals surface area contributed by atoms with Crippen molar-refractivity contribution in [1.82, 2.24) is 25.5 Å². The van der Waals surface area contributed by atoms with Gasteiger partial charge in [0.05, 0.1) is 22.4 Å². The molecule has 1 fully saturated rings. The lowest BCUT2D eigenvalue weighted by molar-refractivity contribution is -0.120. The summed E-state index contributed by atoms with van der Waals surface area (Å²) in [5.74, 6) is -0.0761. The maximum Gasteiger partial charge on any atom is 0.233 e. The first-order valence-corrected chi connectivity index (χ1v) is 11.0. The standard InChI is InChI=1S/C16H21N5O3S2/c1-10-4-5-14(8-11(10)2)21-16(18-19-20-21)25-12(3)15(22)17-13-6-7-26(23,24)9-13/h4-5,8,12-13H,6-7,9H2,1-3H3,(H,17,22)/t12-,13+/m1/s1. The second kappa shape index (κ2) is 7.36. The first-order valence-electron chi connectivity index (χ1n) is 8.28. The summed E-state index contributed by atoms with van der Waals surface area (Å²) in [5.41, 5.74) is 3.13. The van der Waals surface area contributed by atoms with E-state index in [1.165, 1.54) is 17.3 Å². The number of rotatable bonds is 5. The molecule has 1 aliphatic rings. The summed E-state index contributed by atoms with van der Waals surface area (Å²) in [6.45, 7) is 5.80. The van der Waals surface area contributed by atoms with E-state index in [0.717, 1.165) is 11.3 Å².